The van der Waals surface area contributed by atoms with E-state index >= 15 is 4.39 Å². The zero-order chi connectivity index (χ0) is 29.0. The molecule has 0 saturated heterocycles. The molecule has 7 rings (SSSR count). The summed E-state index contributed by atoms with van der Waals surface area (Å²) < 4.78 is 16.6. The lowest BCUT2D eigenvalue weighted by Gasteiger charge is -2.12. The predicted molar refractivity (Wildman–Crippen MR) is 166 cm³/mol. The zero-order valence-electron chi connectivity index (χ0n) is 22.8. The van der Waals surface area contributed by atoms with Gasteiger partial charge in [0.1, 0.15) is 5.82 Å². The second-order valence-corrected chi connectivity index (χ2v) is 9.74. The van der Waals surface area contributed by atoms with Crippen molar-refractivity contribution in [2.75, 3.05) is 0 Å². The molecular formula is C36H23FN6. The average Bonchev–Trinajstić information content (AvgIpc) is 3.09. The number of hydrogen-bond acceptors (Lipinski definition) is 6. The van der Waals surface area contributed by atoms with Gasteiger partial charge in [0, 0.05) is 22.3 Å². The molecule has 2 aromatic heterocycles. The first-order valence-corrected chi connectivity index (χ1v) is 13.8. The lowest BCUT2D eigenvalue weighted by molar-refractivity contribution is 0.632. The van der Waals surface area contributed by atoms with E-state index in [0.717, 1.165) is 22.3 Å². The summed E-state index contributed by atoms with van der Waals surface area (Å²) in [6.07, 6.45) is 0. The fourth-order valence-corrected chi connectivity index (χ4v) is 4.74. The molecule has 7 aromatic rings. The molecule has 2 heterocycles. The SMILES string of the molecule is Fc1c(-c2nc(-c3ccccc3)nc(-c3ccccc3)n2)cccc1-c1nc(-c2ccccc2)nc(-c2ccccc2)n1. The first kappa shape index (κ1) is 26.0. The molecule has 0 unspecified atom stereocenters. The van der Waals surface area contributed by atoms with Gasteiger partial charge in [0.2, 0.25) is 0 Å². The maximum atomic E-state index is 16.6. The third-order valence-electron chi connectivity index (χ3n) is 6.88. The highest BCUT2D eigenvalue weighted by molar-refractivity contribution is 5.73. The Balaban J connectivity index is 1.41. The summed E-state index contributed by atoms with van der Waals surface area (Å²) in [5, 5.41) is 0. The molecule has 0 radical (unpaired) electrons. The minimum atomic E-state index is -0.532. The first-order valence-electron chi connectivity index (χ1n) is 13.8. The standard InChI is InChI=1S/C36H23FN6/c37-30-28(35-40-31(24-14-5-1-6-15-24)38-32(41-35)25-16-7-2-8-17-25)22-13-23-29(30)36-42-33(26-18-9-3-10-19-26)39-34(43-36)27-20-11-4-12-21-27/h1-23H. The molecule has 0 saturated carbocycles. The molecule has 204 valence electrons. The van der Waals surface area contributed by atoms with Gasteiger partial charge in [0.05, 0.1) is 11.1 Å². The van der Waals surface area contributed by atoms with Gasteiger partial charge in [-0.25, -0.2) is 34.3 Å². The van der Waals surface area contributed by atoms with Gasteiger partial charge in [0.25, 0.3) is 0 Å². The number of hydrogen-bond donors (Lipinski definition) is 0. The molecule has 0 atom stereocenters. The van der Waals surface area contributed by atoms with Crippen LogP contribution in [-0.4, -0.2) is 29.9 Å². The number of rotatable bonds is 6. The van der Waals surface area contributed by atoms with Gasteiger partial charge in [-0.1, -0.05) is 127 Å². The fraction of sp³-hybridized carbons (Fsp3) is 0. The monoisotopic (exact) mass is 558 g/mol. The van der Waals surface area contributed by atoms with Crippen molar-refractivity contribution in [1.82, 2.24) is 29.9 Å². The van der Waals surface area contributed by atoms with Crippen LogP contribution in [0.1, 0.15) is 0 Å². The molecule has 43 heavy (non-hydrogen) atoms. The fourth-order valence-electron chi connectivity index (χ4n) is 4.74. The van der Waals surface area contributed by atoms with Gasteiger partial charge >= 0.3 is 0 Å². The van der Waals surface area contributed by atoms with Gasteiger partial charge in [-0.2, -0.15) is 0 Å². The molecule has 0 aliphatic carbocycles. The van der Waals surface area contributed by atoms with Crippen molar-refractivity contribution in [2.24, 2.45) is 0 Å². The molecule has 7 heteroatoms. The average molecular weight is 559 g/mol. The Morgan fingerprint density at radius 3 is 0.814 bits per heavy atom. The van der Waals surface area contributed by atoms with Crippen LogP contribution in [-0.2, 0) is 0 Å². The second kappa shape index (κ2) is 11.5. The van der Waals surface area contributed by atoms with E-state index in [1.807, 2.05) is 121 Å². The largest absolute Gasteiger partial charge is 0.208 e. The van der Waals surface area contributed by atoms with Crippen LogP contribution >= 0.6 is 0 Å². The van der Waals surface area contributed by atoms with Crippen molar-refractivity contribution in [2.45, 2.75) is 0 Å². The van der Waals surface area contributed by atoms with Crippen LogP contribution in [0.5, 0.6) is 0 Å². The first-order chi connectivity index (χ1) is 21.2. The molecule has 0 N–H and O–H groups in total. The van der Waals surface area contributed by atoms with E-state index in [-0.39, 0.29) is 22.8 Å². The van der Waals surface area contributed by atoms with Crippen LogP contribution in [0.4, 0.5) is 4.39 Å². The number of benzene rings is 5. The topological polar surface area (TPSA) is 77.3 Å². The molecule has 0 bridgehead atoms. The summed E-state index contributed by atoms with van der Waals surface area (Å²) in [7, 11) is 0. The Bertz CT molecular complexity index is 1760. The van der Waals surface area contributed by atoms with Crippen molar-refractivity contribution in [3.63, 3.8) is 0 Å². The molecule has 0 aliphatic rings. The molecular weight excluding hydrogens is 535 g/mol. The van der Waals surface area contributed by atoms with Crippen molar-refractivity contribution >= 4 is 0 Å². The molecule has 5 aromatic carbocycles. The van der Waals surface area contributed by atoms with Crippen molar-refractivity contribution in [3.05, 3.63) is 145 Å². The van der Waals surface area contributed by atoms with Crippen LogP contribution < -0.4 is 0 Å². The number of halogens is 1. The molecule has 6 nitrogen and oxygen atoms in total. The van der Waals surface area contributed by atoms with Gasteiger partial charge in [-0.05, 0) is 12.1 Å². The second-order valence-electron chi connectivity index (χ2n) is 9.74. The highest BCUT2D eigenvalue weighted by atomic mass is 19.1. The molecule has 0 aliphatic heterocycles. The van der Waals surface area contributed by atoms with E-state index in [4.69, 9.17) is 29.9 Å². The maximum absolute atomic E-state index is 16.6. The highest BCUT2D eigenvalue weighted by Crippen LogP contribution is 2.32. The van der Waals surface area contributed by atoms with Gasteiger partial charge in [-0.3, -0.25) is 0 Å². The maximum Gasteiger partial charge on any atom is 0.167 e. The number of aromatic nitrogens is 6. The molecule has 0 fully saturated rings. The van der Waals surface area contributed by atoms with Crippen molar-refractivity contribution in [3.8, 4) is 68.3 Å². The smallest absolute Gasteiger partial charge is 0.167 e. The van der Waals surface area contributed by atoms with E-state index in [2.05, 4.69) is 0 Å². The summed E-state index contributed by atoms with van der Waals surface area (Å²) in [5.74, 6) is 1.70. The van der Waals surface area contributed by atoms with Crippen LogP contribution in [0.15, 0.2) is 140 Å². The van der Waals surface area contributed by atoms with Crippen LogP contribution in [0.2, 0.25) is 0 Å². The van der Waals surface area contributed by atoms with Crippen LogP contribution in [0.3, 0.4) is 0 Å². The Labute approximate surface area is 247 Å². The van der Waals surface area contributed by atoms with Crippen LogP contribution in [0.25, 0.3) is 68.3 Å². The van der Waals surface area contributed by atoms with Gasteiger partial charge in [0.15, 0.2) is 34.9 Å². The third-order valence-corrected chi connectivity index (χ3v) is 6.88. The van der Waals surface area contributed by atoms with Crippen molar-refractivity contribution in [1.29, 1.82) is 0 Å². The Kier molecular flexibility index (Phi) is 6.95. The third kappa shape index (κ3) is 5.39. The Hall–Kier alpha value is -5.95. The normalized spacial score (nSPS) is 10.9. The summed E-state index contributed by atoms with van der Waals surface area (Å²) in [5.41, 5.74) is 3.65. The van der Waals surface area contributed by atoms with E-state index < -0.39 is 5.82 Å². The van der Waals surface area contributed by atoms with E-state index in [1.54, 1.807) is 18.2 Å². The van der Waals surface area contributed by atoms with Crippen molar-refractivity contribution < 1.29 is 4.39 Å². The number of nitrogens with zero attached hydrogens (tertiary/aromatic N) is 6. The Morgan fingerprint density at radius 2 is 0.535 bits per heavy atom. The highest BCUT2D eigenvalue weighted by Gasteiger charge is 2.20. The quantitative estimate of drug-likeness (QED) is 0.205. The van der Waals surface area contributed by atoms with Crippen LogP contribution in [0, 0.1) is 5.82 Å². The summed E-state index contributed by atoms with van der Waals surface area (Å²) >= 11 is 0. The van der Waals surface area contributed by atoms with Gasteiger partial charge < -0.3 is 0 Å². The molecule has 0 amide bonds. The lowest BCUT2D eigenvalue weighted by atomic mass is 10.1. The Morgan fingerprint density at radius 1 is 0.279 bits per heavy atom. The van der Waals surface area contributed by atoms with E-state index in [9.17, 15) is 0 Å². The summed E-state index contributed by atoms with van der Waals surface area (Å²) in [6, 6.07) is 43.4. The molecule has 0 spiro atoms. The van der Waals surface area contributed by atoms with E-state index in [1.165, 1.54) is 0 Å². The zero-order valence-corrected chi connectivity index (χ0v) is 22.8. The minimum absolute atomic E-state index is 0.215. The lowest BCUT2D eigenvalue weighted by Crippen LogP contribution is -2.04. The van der Waals surface area contributed by atoms with Gasteiger partial charge in [-0.15, -0.1) is 0 Å². The summed E-state index contributed by atoms with van der Waals surface area (Å²) in [4.78, 5) is 28.3. The minimum Gasteiger partial charge on any atom is -0.208 e. The van der Waals surface area contributed by atoms with E-state index in [0.29, 0.717) is 23.3 Å². The predicted octanol–water partition coefficient (Wildman–Crippen LogP) is 8.20. The summed E-state index contributed by atoms with van der Waals surface area (Å²) in [6.45, 7) is 0.